The first-order valence-corrected chi connectivity index (χ1v) is 9.40. The molecule has 2 aromatic rings. The van der Waals surface area contributed by atoms with Crippen molar-refractivity contribution in [2.24, 2.45) is 0 Å². The molecule has 0 radical (unpaired) electrons. The number of nitrogens with one attached hydrogen (secondary N) is 1. The van der Waals surface area contributed by atoms with Crippen LogP contribution in [-0.2, 0) is 20.4 Å². The number of amides is 1. The topological polar surface area (TPSA) is 63.2 Å². The van der Waals surface area contributed by atoms with Gasteiger partial charge in [-0.25, -0.2) is 8.42 Å². The summed E-state index contributed by atoms with van der Waals surface area (Å²) in [6.45, 7) is 0. The molecule has 0 heterocycles. The standard InChI is InChI=1S/C15H12Cl3NO3S/c16-11-3-5-13(6-4-11)19-15(20)9-23(21,22)8-10-1-2-12(17)7-14(10)18/h1-7H,8-9H2,(H,19,20). The first-order chi connectivity index (χ1) is 10.7. The van der Waals surface area contributed by atoms with Gasteiger partial charge in [-0.3, -0.25) is 4.79 Å². The van der Waals surface area contributed by atoms with Gasteiger partial charge in [0.25, 0.3) is 0 Å². The monoisotopic (exact) mass is 391 g/mol. The minimum absolute atomic E-state index is 0.249. The summed E-state index contributed by atoms with van der Waals surface area (Å²) in [6.07, 6.45) is 0. The van der Waals surface area contributed by atoms with Crippen LogP contribution in [0.15, 0.2) is 42.5 Å². The number of anilines is 1. The van der Waals surface area contributed by atoms with Crippen molar-refractivity contribution in [1.82, 2.24) is 0 Å². The van der Waals surface area contributed by atoms with E-state index in [-0.39, 0.29) is 10.8 Å². The van der Waals surface area contributed by atoms with Gasteiger partial charge in [0.05, 0.1) is 5.75 Å². The Labute approximate surface area is 149 Å². The second-order valence-electron chi connectivity index (χ2n) is 4.82. The predicted molar refractivity (Wildman–Crippen MR) is 94.0 cm³/mol. The number of hydrogen-bond donors (Lipinski definition) is 1. The van der Waals surface area contributed by atoms with Gasteiger partial charge in [0.2, 0.25) is 5.91 Å². The van der Waals surface area contributed by atoms with Gasteiger partial charge in [0, 0.05) is 20.8 Å². The highest BCUT2D eigenvalue weighted by Crippen LogP contribution is 2.23. The largest absolute Gasteiger partial charge is 0.325 e. The van der Waals surface area contributed by atoms with Gasteiger partial charge >= 0.3 is 0 Å². The summed E-state index contributed by atoms with van der Waals surface area (Å²) in [7, 11) is -3.66. The smallest absolute Gasteiger partial charge is 0.239 e. The zero-order valence-electron chi connectivity index (χ0n) is 11.7. The Morgan fingerprint density at radius 3 is 2.17 bits per heavy atom. The molecule has 0 unspecified atom stereocenters. The lowest BCUT2D eigenvalue weighted by atomic mass is 10.2. The summed E-state index contributed by atoms with van der Waals surface area (Å²) < 4.78 is 24.2. The van der Waals surface area contributed by atoms with E-state index in [1.807, 2.05) is 0 Å². The Hall–Kier alpha value is -1.27. The minimum atomic E-state index is -3.66. The van der Waals surface area contributed by atoms with Crippen molar-refractivity contribution >= 4 is 56.2 Å². The number of sulfone groups is 1. The second kappa shape index (κ2) is 7.53. The molecule has 1 N–H and O–H groups in total. The highest BCUT2D eigenvalue weighted by atomic mass is 35.5. The van der Waals surface area contributed by atoms with Gasteiger partial charge < -0.3 is 5.32 Å². The Bertz CT molecular complexity index is 820. The van der Waals surface area contributed by atoms with Crippen LogP contribution in [-0.4, -0.2) is 20.1 Å². The molecule has 2 aromatic carbocycles. The molecule has 0 aliphatic carbocycles. The van der Waals surface area contributed by atoms with Crippen molar-refractivity contribution in [1.29, 1.82) is 0 Å². The Morgan fingerprint density at radius 1 is 0.957 bits per heavy atom. The molecule has 0 fully saturated rings. The van der Waals surface area contributed by atoms with E-state index in [0.29, 0.717) is 21.3 Å². The van der Waals surface area contributed by atoms with E-state index < -0.39 is 21.5 Å². The van der Waals surface area contributed by atoms with Crippen molar-refractivity contribution < 1.29 is 13.2 Å². The molecule has 0 saturated heterocycles. The third kappa shape index (κ3) is 5.70. The third-order valence-electron chi connectivity index (χ3n) is 2.87. The van der Waals surface area contributed by atoms with Crippen LogP contribution in [0.3, 0.4) is 0 Å². The average molecular weight is 393 g/mol. The number of hydrogen-bond acceptors (Lipinski definition) is 3. The van der Waals surface area contributed by atoms with Gasteiger partial charge in [0.15, 0.2) is 9.84 Å². The summed E-state index contributed by atoms with van der Waals surface area (Å²) >= 11 is 17.5. The van der Waals surface area contributed by atoms with Gasteiger partial charge in [-0.2, -0.15) is 0 Å². The van der Waals surface area contributed by atoms with E-state index in [1.54, 1.807) is 30.3 Å². The van der Waals surface area contributed by atoms with Crippen LogP contribution in [0.5, 0.6) is 0 Å². The molecule has 0 bridgehead atoms. The van der Waals surface area contributed by atoms with Crippen LogP contribution in [0.2, 0.25) is 15.1 Å². The molecule has 0 atom stereocenters. The van der Waals surface area contributed by atoms with Crippen LogP contribution >= 0.6 is 34.8 Å². The van der Waals surface area contributed by atoms with E-state index in [1.165, 1.54) is 12.1 Å². The molecular formula is C15H12Cl3NO3S. The quantitative estimate of drug-likeness (QED) is 0.829. The molecule has 0 aliphatic rings. The lowest BCUT2D eigenvalue weighted by Crippen LogP contribution is -2.24. The molecule has 0 saturated carbocycles. The molecule has 8 heteroatoms. The van der Waals surface area contributed by atoms with Crippen LogP contribution in [0.1, 0.15) is 5.56 Å². The minimum Gasteiger partial charge on any atom is -0.325 e. The number of halogens is 3. The van der Waals surface area contributed by atoms with E-state index in [9.17, 15) is 13.2 Å². The average Bonchev–Trinajstić information content (AvgIpc) is 2.44. The number of rotatable bonds is 5. The first-order valence-electron chi connectivity index (χ1n) is 6.45. The van der Waals surface area contributed by atoms with Gasteiger partial charge in [-0.1, -0.05) is 40.9 Å². The molecule has 2 rings (SSSR count). The molecule has 0 spiro atoms. The molecule has 4 nitrogen and oxygen atoms in total. The number of benzene rings is 2. The Balaban J connectivity index is 2.02. The van der Waals surface area contributed by atoms with Crippen molar-refractivity contribution in [3.63, 3.8) is 0 Å². The lowest BCUT2D eigenvalue weighted by molar-refractivity contribution is -0.113. The second-order valence-corrected chi connectivity index (χ2v) is 8.17. The third-order valence-corrected chi connectivity index (χ3v) is 5.16. The van der Waals surface area contributed by atoms with E-state index in [0.717, 1.165) is 0 Å². The van der Waals surface area contributed by atoms with Crippen molar-refractivity contribution in [2.45, 2.75) is 5.75 Å². The summed E-state index contributed by atoms with van der Waals surface area (Å²) in [5.74, 6) is -1.61. The fourth-order valence-electron chi connectivity index (χ4n) is 1.86. The first kappa shape index (κ1) is 18.1. The van der Waals surface area contributed by atoms with Crippen molar-refractivity contribution in [3.05, 3.63) is 63.1 Å². The highest BCUT2D eigenvalue weighted by Gasteiger charge is 2.19. The molecule has 23 heavy (non-hydrogen) atoms. The molecule has 1 amide bonds. The maximum atomic E-state index is 12.1. The Kier molecular flexibility index (Phi) is 5.92. The van der Waals surface area contributed by atoms with Gasteiger partial charge in [0.1, 0.15) is 5.75 Å². The number of carbonyl (C=O) groups excluding carboxylic acids is 1. The SMILES string of the molecule is O=C(CS(=O)(=O)Cc1ccc(Cl)cc1Cl)Nc1ccc(Cl)cc1. The van der Waals surface area contributed by atoms with E-state index in [4.69, 9.17) is 34.8 Å². The number of carbonyl (C=O) groups is 1. The maximum Gasteiger partial charge on any atom is 0.239 e. The zero-order valence-corrected chi connectivity index (χ0v) is 14.8. The maximum absolute atomic E-state index is 12.1. The fourth-order valence-corrected chi connectivity index (χ4v) is 3.84. The molecule has 0 aromatic heterocycles. The molecule has 0 aliphatic heterocycles. The summed E-state index contributed by atoms with van der Waals surface area (Å²) in [4.78, 5) is 11.9. The van der Waals surface area contributed by atoms with Crippen molar-refractivity contribution in [2.75, 3.05) is 11.1 Å². The molecule has 122 valence electrons. The summed E-state index contributed by atoms with van der Waals surface area (Å²) in [5.41, 5.74) is 0.870. The van der Waals surface area contributed by atoms with E-state index in [2.05, 4.69) is 5.32 Å². The molecular weight excluding hydrogens is 381 g/mol. The van der Waals surface area contributed by atoms with Crippen LogP contribution < -0.4 is 5.32 Å². The predicted octanol–water partition coefficient (Wildman–Crippen LogP) is 4.20. The van der Waals surface area contributed by atoms with E-state index >= 15 is 0 Å². The lowest BCUT2D eigenvalue weighted by Gasteiger charge is -2.08. The zero-order chi connectivity index (χ0) is 17.0. The van der Waals surface area contributed by atoms with Crippen LogP contribution in [0.4, 0.5) is 5.69 Å². The highest BCUT2D eigenvalue weighted by molar-refractivity contribution is 7.91. The van der Waals surface area contributed by atoms with Crippen molar-refractivity contribution in [3.8, 4) is 0 Å². The summed E-state index contributed by atoms with van der Waals surface area (Å²) in [5, 5.41) is 3.69. The van der Waals surface area contributed by atoms with Gasteiger partial charge in [-0.05, 0) is 42.0 Å². The fraction of sp³-hybridized carbons (Fsp3) is 0.133. The van der Waals surface area contributed by atoms with Crippen LogP contribution in [0.25, 0.3) is 0 Å². The normalized spacial score (nSPS) is 11.3. The van der Waals surface area contributed by atoms with Gasteiger partial charge in [-0.15, -0.1) is 0 Å². The Morgan fingerprint density at radius 2 is 1.57 bits per heavy atom. The van der Waals surface area contributed by atoms with Crippen LogP contribution in [0, 0.1) is 0 Å². The summed E-state index contributed by atoms with van der Waals surface area (Å²) in [6, 6.07) is 10.9.